The summed E-state index contributed by atoms with van der Waals surface area (Å²) in [7, 11) is 0. The van der Waals surface area contributed by atoms with E-state index in [1.54, 1.807) is 0 Å². The molecule has 1 aromatic heterocycles. The van der Waals surface area contributed by atoms with Crippen molar-refractivity contribution < 1.29 is 9.30 Å². The van der Waals surface area contributed by atoms with Gasteiger partial charge in [0.15, 0.2) is 5.69 Å². The van der Waals surface area contributed by atoms with E-state index >= 15 is 0 Å². The largest absolute Gasteiger partial charge is 0.494 e. The smallest absolute Gasteiger partial charge is 0.267 e. The summed E-state index contributed by atoms with van der Waals surface area (Å²) >= 11 is 0. The standard InChI is InChI=1S/C26H25N2O/c1-3-29-23-15-10-21(11-16-23)25-18-27-24-7-5-4-6-20(24)12-17-26(27)28(25)22-13-8-19(2)9-14-22/h4-11,13-16,18H,3,12,17H2,1-2H3/q+1. The van der Waals surface area contributed by atoms with Gasteiger partial charge in [0.05, 0.1) is 13.0 Å². The van der Waals surface area contributed by atoms with E-state index in [2.05, 4.69) is 95.1 Å². The van der Waals surface area contributed by atoms with Crippen LogP contribution in [0.5, 0.6) is 5.75 Å². The number of benzene rings is 3. The van der Waals surface area contributed by atoms with Gasteiger partial charge in [0.1, 0.15) is 23.3 Å². The second-order valence-electron chi connectivity index (χ2n) is 7.56. The molecule has 3 heteroatoms. The van der Waals surface area contributed by atoms with Crippen molar-refractivity contribution in [1.82, 2.24) is 4.57 Å². The zero-order valence-electron chi connectivity index (χ0n) is 16.9. The summed E-state index contributed by atoms with van der Waals surface area (Å²) in [5.74, 6) is 2.23. The Kier molecular flexibility index (Phi) is 4.44. The Morgan fingerprint density at radius 1 is 0.897 bits per heavy atom. The van der Waals surface area contributed by atoms with Crippen LogP contribution in [-0.2, 0) is 12.8 Å². The fourth-order valence-electron chi connectivity index (χ4n) is 4.22. The first-order chi connectivity index (χ1) is 14.2. The lowest BCUT2D eigenvalue weighted by Crippen LogP contribution is -2.39. The molecule has 0 atom stereocenters. The van der Waals surface area contributed by atoms with Gasteiger partial charge < -0.3 is 4.74 Å². The second kappa shape index (κ2) is 7.25. The molecule has 3 aromatic carbocycles. The third-order valence-corrected chi connectivity index (χ3v) is 5.65. The molecule has 0 saturated heterocycles. The van der Waals surface area contributed by atoms with Gasteiger partial charge in [-0.25, -0.2) is 0 Å². The third-order valence-electron chi connectivity index (χ3n) is 5.65. The number of imidazole rings is 1. The summed E-state index contributed by atoms with van der Waals surface area (Å²) in [5, 5.41) is 0. The molecule has 0 unspecified atom stereocenters. The first kappa shape index (κ1) is 17.7. The summed E-state index contributed by atoms with van der Waals surface area (Å²) in [6, 6.07) is 26.0. The summed E-state index contributed by atoms with van der Waals surface area (Å²) < 4.78 is 10.4. The fraction of sp³-hybridized carbons (Fsp3) is 0.192. The molecule has 1 aliphatic rings. The van der Waals surface area contributed by atoms with Gasteiger partial charge in [-0.1, -0.05) is 35.9 Å². The number of hydrogen-bond donors (Lipinski definition) is 0. The number of hydrogen-bond acceptors (Lipinski definition) is 1. The van der Waals surface area contributed by atoms with Crippen LogP contribution in [-0.4, -0.2) is 11.2 Å². The highest BCUT2D eigenvalue weighted by Gasteiger charge is 2.31. The van der Waals surface area contributed by atoms with Crippen molar-refractivity contribution in [1.29, 1.82) is 0 Å². The zero-order chi connectivity index (χ0) is 19.8. The quantitative estimate of drug-likeness (QED) is 0.443. The first-order valence-corrected chi connectivity index (χ1v) is 10.3. The predicted molar refractivity (Wildman–Crippen MR) is 116 cm³/mol. The van der Waals surface area contributed by atoms with Gasteiger partial charge in [-0.3, -0.25) is 0 Å². The Morgan fingerprint density at radius 3 is 2.41 bits per heavy atom. The molecule has 29 heavy (non-hydrogen) atoms. The number of para-hydroxylation sites is 1. The maximum atomic E-state index is 5.64. The number of rotatable bonds is 4. The minimum absolute atomic E-state index is 0.681. The first-order valence-electron chi connectivity index (χ1n) is 10.3. The Labute approximate surface area is 171 Å². The molecular formula is C26H25N2O+. The Bertz CT molecular complexity index is 1150. The molecule has 0 aliphatic carbocycles. The maximum absolute atomic E-state index is 5.64. The number of aromatic nitrogens is 2. The van der Waals surface area contributed by atoms with Crippen molar-refractivity contribution in [3.63, 3.8) is 0 Å². The van der Waals surface area contributed by atoms with Crippen molar-refractivity contribution >= 4 is 0 Å². The van der Waals surface area contributed by atoms with Gasteiger partial charge in [-0.05, 0) is 68.3 Å². The van der Waals surface area contributed by atoms with Crippen LogP contribution in [0.25, 0.3) is 22.6 Å². The monoisotopic (exact) mass is 381 g/mol. The molecule has 0 amide bonds. The van der Waals surface area contributed by atoms with E-state index in [1.807, 2.05) is 6.92 Å². The molecule has 0 N–H and O–H groups in total. The molecule has 1 aliphatic heterocycles. The summed E-state index contributed by atoms with van der Waals surface area (Å²) in [4.78, 5) is 0. The van der Waals surface area contributed by atoms with Gasteiger partial charge in [0.25, 0.3) is 5.82 Å². The van der Waals surface area contributed by atoms with Crippen LogP contribution in [0.4, 0.5) is 0 Å². The highest BCUT2D eigenvalue weighted by atomic mass is 16.5. The third kappa shape index (κ3) is 3.13. The van der Waals surface area contributed by atoms with Crippen LogP contribution in [0.3, 0.4) is 0 Å². The fourth-order valence-corrected chi connectivity index (χ4v) is 4.22. The predicted octanol–water partition coefficient (Wildman–Crippen LogP) is 5.23. The molecular weight excluding hydrogens is 356 g/mol. The van der Waals surface area contributed by atoms with Gasteiger partial charge in [0, 0.05) is 5.56 Å². The second-order valence-corrected chi connectivity index (χ2v) is 7.56. The van der Waals surface area contributed by atoms with Gasteiger partial charge in [0.2, 0.25) is 0 Å². The van der Waals surface area contributed by atoms with Crippen LogP contribution in [0.1, 0.15) is 23.9 Å². The summed E-state index contributed by atoms with van der Waals surface area (Å²) in [6.07, 6.45) is 4.36. The van der Waals surface area contributed by atoms with E-state index in [9.17, 15) is 0 Å². The Morgan fingerprint density at radius 2 is 1.66 bits per heavy atom. The molecule has 0 fully saturated rings. The van der Waals surface area contributed by atoms with Crippen LogP contribution < -0.4 is 9.30 Å². The lowest BCUT2D eigenvalue weighted by atomic mass is 10.0. The Balaban J connectivity index is 1.72. The molecule has 0 spiro atoms. The van der Waals surface area contributed by atoms with Crippen molar-refractivity contribution in [2.24, 2.45) is 0 Å². The van der Waals surface area contributed by atoms with Crippen LogP contribution >= 0.6 is 0 Å². The topological polar surface area (TPSA) is 18.0 Å². The van der Waals surface area contributed by atoms with E-state index in [4.69, 9.17) is 4.74 Å². The number of fused-ring (bicyclic) bond motifs is 3. The van der Waals surface area contributed by atoms with Crippen molar-refractivity contribution in [3.05, 3.63) is 95.9 Å². The maximum Gasteiger partial charge on any atom is 0.267 e. The highest BCUT2D eigenvalue weighted by Crippen LogP contribution is 2.30. The Hall–Kier alpha value is -3.33. The van der Waals surface area contributed by atoms with E-state index in [0.717, 1.165) is 18.6 Å². The minimum Gasteiger partial charge on any atom is -0.494 e. The summed E-state index contributed by atoms with van der Waals surface area (Å²) in [5.41, 5.74) is 7.55. The minimum atomic E-state index is 0.681. The van der Waals surface area contributed by atoms with E-state index in [0.29, 0.717) is 6.61 Å². The molecule has 2 heterocycles. The molecule has 0 saturated carbocycles. The normalized spacial score (nSPS) is 12.3. The number of aryl methyl sites for hydroxylation is 2. The lowest BCUT2D eigenvalue weighted by Gasteiger charge is -2.14. The average molecular weight is 381 g/mol. The molecule has 144 valence electrons. The SMILES string of the molecule is CCOc1ccc(-c2c[n+]3c(n2-c2ccc(C)cc2)CCc2ccccc2-3)cc1. The van der Waals surface area contributed by atoms with Crippen LogP contribution in [0.2, 0.25) is 0 Å². The van der Waals surface area contributed by atoms with Crippen LogP contribution in [0.15, 0.2) is 79.0 Å². The van der Waals surface area contributed by atoms with Gasteiger partial charge >= 0.3 is 0 Å². The van der Waals surface area contributed by atoms with Crippen molar-refractivity contribution in [2.75, 3.05) is 6.61 Å². The van der Waals surface area contributed by atoms with Crippen molar-refractivity contribution in [3.8, 4) is 28.4 Å². The number of nitrogens with zero attached hydrogens (tertiary/aromatic N) is 2. The van der Waals surface area contributed by atoms with Gasteiger partial charge in [-0.15, -0.1) is 0 Å². The van der Waals surface area contributed by atoms with E-state index in [-0.39, 0.29) is 0 Å². The lowest BCUT2D eigenvalue weighted by molar-refractivity contribution is -0.606. The zero-order valence-corrected chi connectivity index (χ0v) is 16.9. The average Bonchev–Trinajstić information content (AvgIpc) is 3.15. The summed E-state index contributed by atoms with van der Waals surface area (Å²) in [6.45, 7) is 4.83. The molecule has 0 bridgehead atoms. The molecule has 4 aromatic rings. The number of ether oxygens (including phenoxy) is 1. The van der Waals surface area contributed by atoms with Gasteiger partial charge in [-0.2, -0.15) is 9.13 Å². The highest BCUT2D eigenvalue weighted by molar-refractivity contribution is 5.63. The van der Waals surface area contributed by atoms with E-state index < -0.39 is 0 Å². The van der Waals surface area contributed by atoms with Crippen LogP contribution in [0, 0.1) is 6.92 Å². The molecule has 0 radical (unpaired) electrons. The molecule has 5 rings (SSSR count). The van der Waals surface area contributed by atoms with Crippen molar-refractivity contribution in [2.45, 2.75) is 26.7 Å². The van der Waals surface area contributed by atoms with E-state index in [1.165, 1.54) is 39.6 Å². The molecule has 3 nitrogen and oxygen atoms in total.